The molecule has 55 heavy (non-hydrogen) atoms. The molecule has 2 saturated heterocycles. The van der Waals surface area contributed by atoms with E-state index in [9.17, 15) is 14.7 Å². The number of ketones is 1. The average molecular weight is 741 g/mol. The molecular weight excluding hydrogens is 693 g/mol. The molecule has 0 radical (unpaired) electrons. The maximum absolute atomic E-state index is 12.8. The minimum Gasteiger partial charge on any atom is -0.392 e. The van der Waals surface area contributed by atoms with Crippen molar-refractivity contribution in [2.24, 2.45) is 0 Å². The number of amides is 2. The van der Waals surface area contributed by atoms with E-state index in [1.807, 2.05) is 91.0 Å². The normalized spacial score (nSPS) is 20.7. The van der Waals surface area contributed by atoms with E-state index in [1.165, 1.54) is 6.92 Å². The molecule has 5 atom stereocenters. The third kappa shape index (κ3) is 9.81. The molecule has 0 bridgehead atoms. The first-order valence-corrected chi connectivity index (χ1v) is 18.9. The zero-order valence-corrected chi connectivity index (χ0v) is 31.0. The Kier molecular flexibility index (Phi) is 12.6. The molecule has 7 rings (SSSR count). The first-order chi connectivity index (χ1) is 26.9. The van der Waals surface area contributed by atoms with Gasteiger partial charge in [0.05, 0.1) is 24.9 Å². The summed E-state index contributed by atoms with van der Waals surface area (Å²) in [6.45, 7) is 5.76. The van der Waals surface area contributed by atoms with Crippen LogP contribution in [0.15, 0.2) is 128 Å². The topological polar surface area (TPSA) is 129 Å². The van der Waals surface area contributed by atoms with E-state index >= 15 is 0 Å². The predicted molar refractivity (Wildman–Crippen MR) is 210 cm³/mol. The van der Waals surface area contributed by atoms with Crippen LogP contribution in [0.1, 0.15) is 58.6 Å². The van der Waals surface area contributed by atoms with Crippen molar-refractivity contribution in [3.63, 3.8) is 0 Å². The third-order valence-corrected chi connectivity index (χ3v) is 10.4. The van der Waals surface area contributed by atoms with Gasteiger partial charge in [-0.25, -0.2) is 14.8 Å². The molecule has 0 aliphatic carbocycles. The zero-order chi connectivity index (χ0) is 38.0. The number of hydrogen-bond acceptors (Lipinski definition) is 9. The molecule has 0 spiro atoms. The maximum atomic E-state index is 12.8. The van der Waals surface area contributed by atoms with Crippen LogP contribution in [0.3, 0.4) is 0 Å². The monoisotopic (exact) mass is 740 g/mol. The number of hydrogen-bond donors (Lipinski definition) is 3. The van der Waals surface area contributed by atoms with Gasteiger partial charge >= 0.3 is 6.03 Å². The van der Waals surface area contributed by atoms with Gasteiger partial charge in [0, 0.05) is 63.1 Å². The number of benzene rings is 4. The fourth-order valence-corrected chi connectivity index (χ4v) is 7.34. The Hall–Kier alpha value is -5.46. The summed E-state index contributed by atoms with van der Waals surface area (Å²) in [4.78, 5) is 38.7. The van der Waals surface area contributed by atoms with Crippen LogP contribution in [-0.4, -0.2) is 76.7 Å². The summed E-state index contributed by atoms with van der Waals surface area (Å²) in [7, 11) is 0. The van der Waals surface area contributed by atoms with Crippen LogP contribution in [0, 0.1) is 0 Å². The molecule has 2 amide bonds. The van der Waals surface area contributed by atoms with Crippen molar-refractivity contribution in [3.05, 3.63) is 161 Å². The number of carbonyl (C=O) groups is 2. The second-order valence-electron chi connectivity index (χ2n) is 14.2. The molecule has 5 aromatic rings. The quantitative estimate of drug-likeness (QED) is 0.139. The van der Waals surface area contributed by atoms with Gasteiger partial charge in [0.15, 0.2) is 12.1 Å². The molecule has 0 saturated carbocycles. The number of nitrogens with zero attached hydrogens (tertiary/aromatic N) is 4. The second kappa shape index (κ2) is 18.2. The number of anilines is 1. The Morgan fingerprint density at radius 2 is 1.38 bits per heavy atom. The molecule has 284 valence electrons. The van der Waals surface area contributed by atoms with Crippen LogP contribution in [0.25, 0.3) is 0 Å². The van der Waals surface area contributed by atoms with Gasteiger partial charge in [-0.1, -0.05) is 109 Å². The summed E-state index contributed by atoms with van der Waals surface area (Å²) in [6.07, 6.45) is 2.80. The molecule has 1 aromatic heterocycles. The van der Waals surface area contributed by atoms with Gasteiger partial charge in [-0.15, -0.1) is 0 Å². The highest BCUT2D eigenvalue weighted by atomic mass is 16.7. The van der Waals surface area contributed by atoms with E-state index in [2.05, 4.69) is 54.7 Å². The highest BCUT2D eigenvalue weighted by molar-refractivity contribution is 5.87. The summed E-state index contributed by atoms with van der Waals surface area (Å²) >= 11 is 0. The second-order valence-corrected chi connectivity index (χ2v) is 14.2. The van der Waals surface area contributed by atoms with Crippen LogP contribution in [0.5, 0.6) is 0 Å². The van der Waals surface area contributed by atoms with Crippen molar-refractivity contribution < 1.29 is 24.2 Å². The number of aromatic nitrogens is 2. The summed E-state index contributed by atoms with van der Waals surface area (Å²) in [5.41, 5.74) is 5.73. The van der Waals surface area contributed by atoms with Gasteiger partial charge in [0.25, 0.3) is 0 Å². The Balaban J connectivity index is 1.07. The summed E-state index contributed by atoms with van der Waals surface area (Å²) < 4.78 is 13.9. The number of piperazine rings is 1. The standard InChI is InChI=1S/C44H48N6O5/c1-31(52)38(27-32-9-4-2-5-10-32)48-44(53)47-28-33-13-19-37(20-14-33)42-54-39(29-49-23-25-50(26-24-49)43-45-21-8-22-46-43)40(35-11-6-3-7-12-35)41(55-42)36-17-15-34(30-51)16-18-36/h2-22,38-42,51H,23-30H2,1H3,(H2,47,48,53)/t38-,39-,40-,41+,42?/m1/s1. The summed E-state index contributed by atoms with van der Waals surface area (Å²) in [6, 6.07) is 36.7. The number of urea groups is 1. The minimum atomic E-state index is -0.647. The smallest absolute Gasteiger partial charge is 0.315 e. The molecule has 2 aliphatic heterocycles. The number of Topliss-reactive ketones (excluding diaryl/α,β-unsaturated/α-hetero) is 1. The summed E-state index contributed by atoms with van der Waals surface area (Å²) in [5, 5.41) is 15.5. The lowest BCUT2D eigenvalue weighted by Crippen LogP contribution is -2.51. The molecule has 2 aliphatic rings. The lowest BCUT2D eigenvalue weighted by atomic mass is 9.83. The number of aliphatic hydroxyl groups excluding tert-OH is 1. The molecule has 11 nitrogen and oxygen atoms in total. The Morgan fingerprint density at radius 3 is 2.04 bits per heavy atom. The van der Waals surface area contributed by atoms with Crippen molar-refractivity contribution in [2.75, 3.05) is 37.6 Å². The van der Waals surface area contributed by atoms with Gasteiger partial charge in [0.1, 0.15) is 0 Å². The van der Waals surface area contributed by atoms with Crippen molar-refractivity contribution in [3.8, 4) is 0 Å². The van der Waals surface area contributed by atoms with Crippen molar-refractivity contribution in [1.82, 2.24) is 25.5 Å². The molecule has 11 heteroatoms. The average Bonchev–Trinajstić information content (AvgIpc) is 3.24. The van der Waals surface area contributed by atoms with Crippen LogP contribution in [-0.2, 0) is 33.8 Å². The fourth-order valence-electron chi connectivity index (χ4n) is 7.34. The molecule has 1 unspecified atom stereocenters. The number of carbonyl (C=O) groups excluding carboxylic acids is 2. The van der Waals surface area contributed by atoms with Gasteiger partial charge in [-0.05, 0) is 47.2 Å². The first kappa shape index (κ1) is 37.8. The first-order valence-electron chi connectivity index (χ1n) is 18.9. The highest BCUT2D eigenvalue weighted by Gasteiger charge is 2.43. The fraction of sp³-hybridized carbons (Fsp3) is 0.318. The van der Waals surface area contributed by atoms with Crippen molar-refractivity contribution in [2.45, 2.75) is 57.0 Å². The SMILES string of the molecule is CC(=O)[C@@H](Cc1ccccc1)NC(=O)NCc1ccc(C2O[C@H](CN3CCN(c4ncccn4)CC3)[C@@H](c3ccccc3)[C@H](c3ccc(CO)cc3)O2)cc1. The molecule has 4 aromatic carbocycles. The van der Waals surface area contributed by atoms with E-state index in [4.69, 9.17) is 9.47 Å². The number of nitrogens with one attached hydrogen (secondary N) is 2. The molecular formula is C44H48N6O5. The van der Waals surface area contributed by atoms with E-state index in [-0.39, 0.29) is 37.1 Å². The lowest BCUT2D eigenvalue weighted by Gasteiger charge is -2.45. The van der Waals surface area contributed by atoms with Gasteiger partial charge in [0.2, 0.25) is 5.95 Å². The largest absolute Gasteiger partial charge is 0.392 e. The Morgan fingerprint density at radius 1 is 0.745 bits per heavy atom. The number of rotatable bonds is 13. The van der Waals surface area contributed by atoms with Gasteiger partial charge in [-0.3, -0.25) is 9.69 Å². The predicted octanol–water partition coefficient (Wildman–Crippen LogP) is 5.73. The van der Waals surface area contributed by atoms with Gasteiger partial charge in [-0.2, -0.15) is 0 Å². The lowest BCUT2D eigenvalue weighted by molar-refractivity contribution is -0.263. The number of ether oxygens (including phenoxy) is 2. The molecule has 2 fully saturated rings. The van der Waals surface area contributed by atoms with Crippen LogP contribution in [0.4, 0.5) is 10.7 Å². The third-order valence-electron chi connectivity index (χ3n) is 10.4. The summed E-state index contributed by atoms with van der Waals surface area (Å²) in [5.74, 6) is 0.548. The highest BCUT2D eigenvalue weighted by Crippen LogP contribution is 2.47. The molecule has 3 heterocycles. The Bertz CT molecular complexity index is 1960. The van der Waals surface area contributed by atoms with Gasteiger partial charge < -0.3 is 30.1 Å². The van der Waals surface area contributed by atoms with Crippen LogP contribution >= 0.6 is 0 Å². The zero-order valence-electron chi connectivity index (χ0n) is 31.0. The number of aliphatic hydroxyl groups is 1. The molecule has 3 N–H and O–H groups in total. The van der Waals surface area contributed by atoms with E-state index < -0.39 is 18.4 Å². The Labute approximate surface area is 322 Å². The minimum absolute atomic E-state index is 0.0316. The van der Waals surface area contributed by atoms with Crippen molar-refractivity contribution in [1.29, 1.82) is 0 Å². The van der Waals surface area contributed by atoms with E-state index in [0.717, 1.165) is 65.5 Å². The van der Waals surface area contributed by atoms with Crippen molar-refractivity contribution >= 4 is 17.8 Å². The van der Waals surface area contributed by atoms with E-state index in [1.54, 1.807) is 12.4 Å². The van der Waals surface area contributed by atoms with Crippen LogP contribution in [0.2, 0.25) is 0 Å². The van der Waals surface area contributed by atoms with E-state index in [0.29, 0.717) is 13.0 Å². The van der Waals surface area contributed by atoms with Crippen LogP contribution < -0.4 is 15.5 Å². The maximum Gasteiger partial charge on any atom is 0.315 e.